The highest BCUT2D eigenvalue weighted by Crippen LogP contribution is 2.20. The molecule has 8 heteroatoms. The zero-order valence-corrected chi connectivity index (χ0v) is 10.5. The van der Waals surface area contributed by atoms with Crippen molar-refractivity contribution in [1.82, 2.24) is 4.72 Å². The van der Waals surface area contributed by atoms with Crippen LogP contribution >= 0.6 is 11.3 Å². The maximum Gasteiger partial charge on any atom is 0.250 e. The molecule has 0 saturated heterocycles. The molecule has 92 valence electrons. The van der Waals surface area contributed by atoms with Crippen LogP contribution in [0.4, 0.5) is 0 Å². The van der Waals surface area contributed by atoms with Crippen molar-refractivity contribution < 1.29 is 13.2 Å². The minimum Gasteiger partial charge on any atom is -0.370 e. The van der Waals surface area contributed by atoms with E-state index in [1.807, 2.05) is 6.07 Å². The van der Waals surface area contributed by atoms with Crippen molar-refractivity contribution in [3.05, 3.63) is 17.0 Å². The molecule has 0 fully saturated rings. The van der Waals surface area contributed by atoms with Crippen LogP contribution in [0.25, 0.3) is 0 Å². The Morgan fingerprint density at radius 1 is 1.53 bits per heavy atom. The van der Waals surface area contributed by atoms with Gasteiger partial charge < -0.3 is 5.73 Å². The van der Waals surface area contributed by atoms with Crippen LogP contribution in [0.15, 0.2) is 16.3 Å². The van der Waals surface area contributed by atoms with Crippen LogP contribution in [0.2, 0.25) is 0 Å². The average Bonchev–Trinajstić information content (AvgIpc) is 2.73. The largest absolute Gasteiger partial charge is 0.370 e. The van der Waals surface area contributed by atoms with E-state index in [2.05, 4.69) is 4.72 Å². The number of nitrogens with zero attached hydrogens (tertiary/aromatic N) is 1. The fourth-order valence-corrected chi connectivity index (χ4v) is 3.29. The summed E-state index contributed by atoms with van der Waals surface area (Å²) in [5, 5.41) is 8.59. The predicted molar refractivity (Wildman–Crippen MR) is 62.7 cm³/mol. The zero-order chi connectivity index (χ0) is 12.9. The second-order valence-corrected chi connectivity index (χ2v) is 6.28. The van der Waals surface area contributed by atoms with E-state index in [9.17, 15) is 13.2 Å². The Balaban J connectivity index is 2.57. The first-order valence-corrected chi connectivity index (χ1v) is 7.03. The number of hydrogen-bond donors (Lipinski definition) is 2. The number of nitrogens with two attached hydrogens (primary N) is 1. The lowest BCUT2D eigenvalue weighted by Gasteiger charge is -2.03. The van der Waals surface area contributed by atoms with E-state index in [0.29, 0.717) is 11.3 Å². The minimum absolute atomic E-state index is 0.0909. The van der Waals surface area contributed by atoms with E-state index in [4.69, 9.17) is 11.0 Å². The van der Waals surface area contributed by atoms with Crippen molar-refractivity contribution in [3.8, 4) is 6.07 Å². The third kappa shape index (κ3) is 4.14. The fraction of sp³-hybridized carbons (Fsp3) is 0.333. The molecule has 0 aromatic carbocycles. The molecule has 0 aliphatic rings. The van der Waals surface area contributed by atoms with E-state index >= 15 is 0 Å². The van der Waals surface area contributed by atoms with Crippen molar-refractivity contribution in [2.24, 2.45) is 5.73 Å². The Morgan fingerprint density at radius 3 is 2.76 bits per heavy atom. The number of nitrogens with one attached hydrogen (secondary N) is 1. The number of carbonyl (C=O) groups excluding carboxylic acids is 1. The standard InChI is InChI=1S/C9H11N3O3S2/c10-6-7-3-4-9(16-7)17(14,15)12-5-1-2-8(11)13/h3-4,12H,1-2,5H2,(H2,11,13). The third-order valence-electron chi connectivity index (χ3n) is 1.85. The van der Waals surface area contributed by atoms with Crippen LogP contribution in [-0.2, 0) is 14.8 Å². The van der Waals surface area contributed by atoms with E-state index in [0.717, 1.165) is 11.3 Å². The first-order chi connectivity index (χ1) is 7.95. The Labute approximate surface area is 103 Å². The van der Waals surface area contributed by atoms with Gasteiger partial charge in [0.2, 0.25) is 15.9 Å². The van der Waals surface area contributed by atoms with E-state index in [1.165, 1.54) is 12.1 Å². The summed E-state index contributed by atoms with van der Waals surface area (Å²) < 4.78 is 25.8. The molecular formula is C9H11N3O3S2. The molecule has 0 aliphatic heterocycles. The number of thiophene rings is 1. The smallest absolute Gasteiger partial charge is 0.250 e. The molecule has 0 aliphatic carbocycles. The lowest BCUT2D eigenvalue weighted by molar-refractivity contribution is -0.118. The molecule has 17 heavy (non-hydrogen) atoms. The molecule has 1 heterocycles. The Hall–Kier alpha value is -1.43. The van der Waals surface area contributed by atoms with Gasteiger partial charge in [-0.1, -0.05) is 0 Å². The quantitative estimate of drug-likeness (QED) is 0.719. The Bertz CT molecular complexity index is 542. The molecule has 1 aromatic rings. The van der Waals surface area contributed by atoms with Crippen LogP contribution in [-0.4, -0.2) is 20.9 Å². The highest BCUT2D eigenvalue weighted by molar-refractivity contribution is 7.91. The maximum absolute atomic E-state index is 11.7. The molecule has 1 rings (SSSR count). The highest BCUT2D eigenvalue weighted by Gasteiger charge is 2.16. The second-order valence-electron chi connectivity index (χ2n) is 3.20. The highest BCUT2D eigenvalue weighted by atomic mass is 32.2. The summed E-state index contributed by atoms with van der Waals surface area (Å²) in [5.41, 5.74) is 4.92. The molecule has 0 spiro atoms. The second kappa shape index (κ2) is 5.77. The van der Waals surface area contributed by atoms with E-state index in [-0.39, 0.29) is 17.2 Å². The minimum atomic E-state index is -3.58. The fourth-order valence-electron chi connectivity index (χ4n) is 1.06. The Kier molecular flexibility index (Phi) is 4.62. The van der Waals surface area contributed by atoms with Gasteiger partial charge in [0.05, 0.1) is 0 Å². The van der Waals surface area contributed by atoms with Crippen LogP contribution in [0.3, 0.4) is 0 Å². The molecule has 0 saturated carbocycles. The van der Waals surface area contributed by atoms with Crippen molar-refractivity contribution >= 4 is 27.3 Å². The first-order valence-electron chi connectivity index (χ1n) is 4.73. The van der Waals surface area contributed by atoms with E-state index in [1.54, 1.807) is 0 Å². The number of nitriles is 1. The monoisotopic (exact) mass is 273 g/mol. The zero-order valence-electron chi connectivity index (χ0n) is 8.84. The van der Waals surface area contributed by atoms with Gasteiger partial charge in [0.25, 0.3) is 0 Å². The summed E-state index contributed by atoms with van der Waals surface area (Å²) in [6, 6.07) is 4.69. The van der Waals surface area contributed by atoms with Gasteiger partial charge in [0, 0.05) is 13.0 Å². The molecule has 0 unspecified atom stereocenters. The van der Waals surface area contributed by atoms with E-state index < -0.39 is 15.9 Å². The summed E-state index contributed by atoms with van der Waals surface area (Å²) in [7, 11) is -3.58. The molecule has 1 amide bonds. The Morgan fingerprint density at radius 2 is 2.24 bits per heavy atom. The lowest BCUT2D eigenvalue weighted by Crippen LogP contribution is -2.25. The van der Waals surface area contributed by atoms with Gasteiger partial charge in [0.1, 0.15) is 15.2 Å². The van der Waals surface area contributed by atoms with Gasteiger partial charge in [0.15, 0.2) is 0 Å². The third-order valence-corrected chi connectivity index (χ3v) is 4.79. The van der Waals surface area contributed by atoms with Crippen molar-refractivity contribution in [1.29, 1.82) is 5.26 Å². The first kappa shape index (κ1) is 13.6. The topological polar surface area (TPSA) is 113 Å². The molecule has 1 aromatic heterocycles. The van der Waals surface area contributed by atoms with Crippen LogP contribution in [0.1, 0.15) is 17.7 Å². The SMILES string of the molecule is N#Cc1ccc(S(=O)(=O)NCCCC(N)=O)s1. The number of rotatable bonds is 6. The molecular weight excluding hydrogens is 262 g/mol. The summed E-state index contributed by atoms with van der Waals surface area (Å²) >= 11 is 0.901. The van der Waals surface area contributed by atoms with Crippen molar-refractivity contribution in [3.63, 3.8) is 0 Å². The van der Waals surface area contributed by atoms with Crippen molar-refractivity contribution in [2.75, 3.05) is 6.54 Å². The molecule has 0 atom stereocenters. The number of sulfonamides is 1. The summed E-state index contributed by atoms with van der Waals surface area (Å²) in [6.45, 7) is 0.144. The predicted octanol–water partition coefficient (Wildman–Crippen LogP) is 0.164. The van der Waals surface area contributed by atoms with Gasteiger partial charge in [-0.2, -0.15) is 5.26 Å². The maximum atomic E-state index is 11.7. The van der Waals surface area contributed by atoms with Crippen LogP contribution in [0.5, 0.6) is 0 Å². The normalized spacial score (nSPS) is 11.0. The van der Waals surface area contributed by atoms with Gasteiger partial charge in [-0.05, 0) is 18.6 Å². The van der Waals surface area contributed by atoms with Crippen LogP contribution in [0, 0.1) is 11.3 Å². The number of carbonyl (C=O) groups is 1. The molecule has 0 radical (unpaired) electrons. The molecule has 3 N–H and O–H groups in total. The molecule has 6 nitrogen and oxygen atoms in total. The lowest BCUT2D eigenvalue weighted by atomic mass is 10.3. The van der Waals surface area contributed by atoms with Gasteiger partial charge in [-0.3, -0.25) is 4.79 Å². The van der Waals surface area contributed by atoms with Crippen molar-refractivity contribution in [2.45, 2.75) is 17.1 Å². The summed E-state index contributed by atoms with van der Waals surface area (Å²) in [4.78, 5) is 10.8. The van der Waals surface area contributed by atoms with Crippen LogP contribution < -0.4 is 10.5 Å². The number of hydrogen-bond acceptors (Lipinski definition) is 5. The van der Waals surface area contributed by atoms with Gasteiger partial charge in [-0.25, -0.2) is 13.1 Å². The number of amides is 1. The summed E-state index contributed by atoms with van der Waals surface area (Å²) in [6.07, 6.45) is 0.488. The van der Waals surface area contributed by atoms with Gasteiger partial charge in [-0.15, -0.1) is 11.3 Å². The van der Waals surface area contributed by atoms with Gasteiger partial charge >= 0.3 is 0 Å². The summed E-state index contributed by atoms with van der Waals surface area (Å²) in [5.74, 6) is -0.466. The average molecular weight is 273 g/mol. The number of primary amides is 1. The molecule has 0 bridgehead atoms.